The molecule has 2 atom stereocenters. The lowest BCUT2D eigenvalue weighted by molar-refractivity contribution is -0.115. The summed E-state index contributed by atoms with van der Waals surface area (Å²) in [7, 11) is 0. The van der Waals surface area contributed by atoms with E-state index in [9.17, 15) is 4.79 Å². The third-order valence-electron chi connectivity index (χ3n) is 6.27. The van der Waals surface area contributed by atoms with Crippen LogP contribution in [0.25, 0.3) is 22.0 Å². The summed E-state index contributed by atoms with van der Waals surface area (Å²) in [4.78, 5) is 25.5. The molecule has 1 aliphatic rings. The van der Waals surface area contributed by atoms with Gasteiger partial charge < -0.3 is 15.0 Å². The van der Waals surface area contributed by atoms with Crippen LogP contribution >= 0.6 is 11.8 Å². The summed E-state index contributed by atoms with van der Waals surface area (Å²) in [5.74, 6) is 0.880. The summed E-state index contributed by atoms with van der Waals surface area (Å²) in [6.45, 7) is 5.86. The van der Waals surface area contributed by atoms with Crippen molar-refractivity contribution in [2.45, 2.75) is 37.4 Å². The number of hydrogen-bond donors (Lipinski definition) is 1. The van der Waals surface area contributed by atoms with Gasteiger partial charge in [-0.05, 0) is 74.0 Å². The van der Waals surface area contributed by atoms with Crippen LogP contribution in [0.15, 0.2) is 77.8 Å². The summed E-state index contributed by atoms with van der Waals surface area (Å²) in [6, 6.07) is 22.2. The van der Waals surface area contributed by atoms with E-state index in [1.165, 1.54) is 0 Å². The van der Waals surface area contributed by atoms with Gasteiger partial charge in [0.15, 0.2) is 0 Å². The number of morpholine rings is 1. The van der Waals surface area contributed by atoms with Crippen molar-refractivity contribution in [3.8, 4) is 11.3 Å². The van der Waals surface area contributed by atoms with E-state index in [-0.39, 0.29) is 24.5 Å². The lowest BCUT2D eigenvalue weighted by Gasteiger charge is -2.36. The Hall–Kier alpha value is -3.42. The molecule has 3 heterocycles. The van der Waals surface area contributed by atoms with Crippen molar-refractivity contribution in [1.82, 2.24) is 9.97 Å². The van der Waals surface area contributed by atoms with E-state index in [0.29, 0.717) is 0 Å². The molecular weight excluding hydrogens is 468 g/mol. The van der Waals surface area contributed by atoms with Gasteiger partial charge in [0.25, 0.3) is 0 Å². The van der Waals surface area contributed by atoms with E-state index in [2.05, 4.69) is 59.4 Å². The van der Waals surface area contributed by atoms with Crippen LogP contribution in [0.3, 0.4) is 0 Å². The molecule has 1 saturated heterocycles. The Morgan fingerprint density at radius 1 is 1.03 bits per heavy atom. The number of ether oxygens (including phenoxy) is 1. The molecule has 0 bridgehead atoms. The fraction of sp³-hybridized carbons (Fsp3) is 0.276. The number of thioether (sulfide) groups is 1. The second-order valence-electron chi connectivity index (χ2n) is 9.23. The van der Waals surface area contributed by atoms with Gasteiger partial charge in [-0.1, -0.05) is 18.2 Å². The maximum absolute atomic E-state index is 12.6. The van der Waals surface area contributed by atoms with Gasteiger partial charge >= 0.3 is 0 Å². The number of aromatic nitrogens is 2. The Morgan fingerprint density at radius 2 is 1.81 bits per heavy atom. The molecule has 1 aliphatic heterocycles. The average molecular weight is 499 g/mol. The molecule has 0 aliphatic carbocycles. The highest BCUT2D eigenvalue weighted by molar-refractivity contribution is 7.98. The highest BCUT2D eigenvalue weighted by Crippen LogP contribution is 2.27. The Bertz CT molecular complexity index is 1370. The van der Waals surface area contributed by atoms with Crippen LogP contribution in [0.1, 0.15) is 19.5 Å². The number of fused-ring (bicyclic) bond motifs is 1. The summed E-state index contributed by atoms with van der Waals surface area (Å²) < 4.78 is 5.88. The first-order valence-corrected chi connectivity index (χ1v) is 13.4. The van der Waals surface area contributed by atoms with Gasteiger partial charge in [0, 0.05) is 40.8 Å². The maximum atomic E-state index is 12.6. The molecule has 2 aromatic heterocycles. The van der Waals surface area contributed by atoms with Gasteiger partial charge in [0.1, 0.15) is 5.82 Å². The second kappa shape index (κ2) is 10.7. The highest BCUT2D eigenvalue weighted by Gasteiger charge is 2.23. The fourth-order valence-corrected chi connectivity index (χ4v) is 5.02. The summed E-state index contributed by atoms with van der Waals surface area (Å²) in [6.07, 6.45) is 4.43. The Balaban J connectivity index is 1.34. The highest BCUT2D eigenvalue weighted by atomic mass is 32.2. The lowest BCUT2D eigenvalue weighted by atomic mass is 10.0. The predicted octanol–water partition coefficient (Wildman–Crippen LogP) is 5.81. The average Bonchev–Trinajstić information content (AvgIpc) is 2.88. The number of carbonyl (C=O) groups excluding carboxylic acids is 1. The van der Waals surface area contributed by atoms with Gasteiger partial charge in [0.2, 0.25) is 5.91 Å². The van der Waals surface area contributed by atoms with Crippen molar-refractivity contribution in [3.05, 3.63) is 78.6 Å². The smallest absolute Gasteiger partial charge is 0.230 e. The first kappa shape index (κ1) is 24.3. The van der Waals surface area contributed by atoms with Crippen molar-refractivity contribution < 1.29 is 9.53 Å². The first-order valence-electron chi connectivity index (χ1n) is 12.2. The van der Waals surface area contributed by atoms with Crippen molar-refractivity contribution in [3.63, 3.8) is 0 Å². The number of anilines is 2. The van der Waals surface area contributed by atoms with Crippen molar-refractivity contribution in [2.24, 2.45) is 0 Å². The maximum Gasteiger partial charge on any atom is 0.230 e. The van der Waals surface area contributed by atoms with E-state index in [0.717, 1.165) is 57.2 Å². The number of hydrogen-bond acceptors (Lipinski definition) is 6. The summed E-state index contributed by atoms with van der Waals surface area (Å²) in [5, 5.41) is 5.03. The van der Waals surface area contributed by atoms with Crippen molar-refractivity contribution >= 4 is 39.9 Å². The van der Waals surface area contributed by atoms with E-state index in [1.807, 2.05) is 48.9 Å². The molecule has 1 amide bonds. The second-order valence-corrected chi connectivity index (χ2v) is 10.1. The van der Waals surface area contributed by atoms with E-state index < -0.39 is 0 Å². The summed E-state index contributed by atoms with van der Waals surface area (Å²) in [5.41, 5.74) is 3.48. The van der Waals surface area contributed by atoms with E-state index >= 15 is 0 Å². The molecule has 4 aromatic rings. The van der Waals surface area contributed by atoms with Crippen LogP contribution < -0.4 is 10.2 Å². The van der Waals surface area contributed by atoms with Gasteiger partial charge in [0.05, 0.1) is 30.0 Å². The van der Waals surface area contributed by atoms with Crippen LogP contribution in [0, 0.1) is 0 Å². The Kier molecular flexibility index (Phi) is 7.20. The molecule has 184 valence electrons. The predicted molar refractivity (Wildman–Crippen MR) is 148 cm³/mol. The van der Waals surface area contributed by atoms with Crippen LogP contribution in [-0.4, -0.2) is 47.4 Å². The minimum Gasteiger partial charge on any atom is -0.372 e. The van der Waals surface area contributed by atoms with E-state index in [4.69, 9.17) is 9.72 Å². The molecule has 36 heavy (non-hydrogen) atoms. The third-order valence-corrected chi connectivity index (χ3v) is 7.01. The van der Waals surface area contributed by atoms with Gasteiger partial charge in [-0.15, -0.1) is 11.8 Å². The minimum atomic E-state index is -0.0850. The standard InChI is InChI=1S/C29H30N4O2S/c1-19-17-33(18-20(2)35-19)28-6-4-5-27(32-28)21-7-8-22-16-30-25(14-23(22)13-21)15-29(34)31-24-9-11-26(36-3)12-10-24/h4-14,16,19-20H,15,17-18H2,1-3H3,(H,31,34)/t19-,20?/m1/s1. The Morgan fingerprint density at radius 3 is 2.56 bits per heavy atom. The quantitative estimate of drug-likeness (QED) is 0.338. The molecule has 6 nitrogen and oxygen atoms in total. The molecule has 0 spiro atoms. The molecule has 0 saturated carbocycles. The topological polar surface area (TPSA) is 67.4 Å². The number of benzene rings is 2. The molecule has 1 N–H and O–H groups in total. The number of amides is 1. The Labute approximate surface area is 216 Å². The van der Waals surface area contributed by atoms with Gasteiger partial charge in [-0.2, -0.15) is 0 Å². The first-order chi connectivity index (χ1) is 17.5. The van der Waals surface area contributed by atoms with Gasteiger partial charge in [-0.25, -0.2) is 4.98 Å². The SMILES string of the molecule is CSc1ccc(NC(=O)Cc2cc3cc(-c4cccc(N5CC(C)O[C@H](C)C5)n4)ccc3cn2)cc1. The zero-order valence-electron chi connectivity index (χ0n) is 20.8. The summed E-state index contributed by atoms with van der Waals surface area (Å²) >= 11 is 1.67. The molecule has 1 unspecified atom stereocenters. The van der Waals surface area contributed by atoms with Crippen molar-refractivity contribution in [1.29, 1.82) is 0 Å². The lowest BCUT2D eigenvalue weighted by Crippen LogP contribution is -2.45. The number of carbonyl (C=O) groups is 1. The number of rotatable bonds is 6. The third kappa shape index (κ3) is 5.69. The number of nitrogens with zero attached hydrogens (tertiary/aromatic N) is 3. The molecule has 7 heteroatoms. The largest absolute Gasteiger partial charge is 0.372 e. The monoisotopic (exact) mass is 498 g/mol. The molecule has 2 aromatic carbocycles. The number of nitrogens with one attached hydrogen (secondary N) is 1. The minimum absolute atomic E-state index is 0.0850. The van der Waals surface area contributed by atoms with Crippen molar-refractivity contribution in [2.75, 3.05) is 29.6 Å². The van der Waals surface area contributed by atoms with Crippen LogP contribution in [0.4, 0.5) is 11.5 Å². The molecule has 5 rings (SSSR count). The van der Waals surface area contributed by atoms with Gasteiger partial charge in [-0.3, -0.25) is 9.78 Å². The molecular formula is C29H30N4O2S. The van der Waals surface area contributed by atoms with Crippen LogP contribution in [0.2, 0.25) is 0 Å². The van der Waals surface area contributed by atoms with E-state index in [1.54, 1.807) is 11.8 Å². The zero-order chi connectivity index (χ0) is 25.1. The number of pyridine rings is 2. The molecule has 1 fully saturated rings. The fourth-order valence-electron chi connectivity index (χ4n) is 4.61. The van der Waals surface area contributed by atoms with Crippen LogP contribution in [-0.2, 0) is 16.0 Å². The zero-order valence-corrected chi connectivity index (χ0v) is 21.6. The normalized spacial score (nSPS) is 17.8. The van der Waals surface area contributed by atoms with Crippen LogP contribution in [0.5, 0.6) is 0 Å². The molecule has 0 radical (unpaired) electrons.